The summed E-state index contributed by atoms with van der Waals surface area (Å²) < 4.78 is 0. The lowest BCUT2D eigenvalue weighted by atomic mass is 9.94. The molecular weight excluding hydrogens is 326 g/mol. The van der Waals surface area contributed by atoms with E-state index in [1.165, 1.54) is 0 Å². The summed E-state index contributed by atoms with van der Waals surface area (Å²) in [6, 6.07) is 5.96. The van der Waals surface area contributed by atoms with Crippen molar-refractivity contribution >= 4 is 23.2 Å². The molecule has 1 fully saturated rings. The minimum atomic E-state index is -0.411. The van der Waals surface area contributed by atoms with Crippen molar-refractivity contribution in [1.29, 1.82) is 0 Å². The van der Waals surface area contributed by atoms with E-state index in [4.69, 9.17) is 0 Å². The second kappa shape index (κ2) is 8.11. The molecule has 144 valence electrons. The van der Waals surface area contributed by atoms with E-state index in [0.717, 1.165) is 42.7 Å². The Morgan fingerprint density at radius 1 is 1.19 bits per heavy atom. The molecule has 0 unspecified atom stereocenters. The zero-order valence-corrected chi connectivity index (χ0v) is 17.1. The van der Waals surface area contributed by atoms with E-state index in [9.17, 15) is 9.59 Å². The quantitative estimate of drug-likeness (QED) is 0.804. The summed E-state index contributed by atoms with van der Waals surface area (Å²) >= 11 is 0. The van der Waals surface area contributed by atoms with E-state index in [1.54, 1.807) is 0 Å². The smallest absolute Gasteiger partial charge is 0.228 e. The fourth-order valence-corrected chi connectivity index (χ4v) is 3.02. The maximum atomic E-state index is 12.8. The van der Waals surface area contributed by atoms with Crippen LogP contribution in [0.1, 0.15) is 52.5 Å². The van der Waals surface area contributed by atoms with Crippen LogP contribution in [-0.4, -0.2) is 37.4 Å². The fraction of sp³-hybridized carbons (Fsp3) is 0.619. The molecule has 0 spiro atoms. The highest BCUT2D eigenvalue weighted by Crippen LogP contribution is 2.31. The Bertz CT molecular complexity index is 658. The van der Waals surface area contributed by atoms with Crippen molar-refractivity contribution in [2.24, 2.45) is 11.3 Å². The minimum Gasteiger partial charge on any atom is -0.377 e. The Morgan fingerprint density at radius 3 is 2.35 bits per heavy atom. The van der Waals surface area contributed by atoms with Gasteiger partial charge < -0.3 is 15.1 Å². The summed E-state index contributed by atoms with van der Waals surface area (Å²) in [6.07, 6.45) is 2.88. The van der Waals surface area contributed by atoms with Gasteiger partial charge in [-0.1, -0.05) is 27.7 Å². The van der Waals surface area contributed by atoms with Gasteiger partial charge in [-0.05, 0) is 43.0 Å². The van der Waals surface area contributed by atoms with Crippen LogP contribution >= 0.6 is 0 Å². The van der Waals surface area contributed by atoms with Gasteiger partial charge in [-0.15, -0.1) is 0 Å². The van der Waals surface area contributed by atoms with E-state index in [2.05, 4.69) is 12.2 Å². The normalized spacial score (nSPS) is 14.1. The minimum absolute atomic E-state index is 0.102. The summed E-state index contributed by atoms with van der Waals surface area (Å²) in [4.78, 5) is 28.9. The van der Waals surface area contributed by atoms with Gasteiger partial charge in [0.1, 0.15) is 0 Å². The molecule has 1 aromatic rings. The van der Waals surface area contributed by atoms with Crippen molar-refractivity contribution in [3.8, 4) is 0 Å². The van der Waals surface area contributed by atoms with Gasteiger partial charge in [0.05, 0.1) is 0 Å². The van der Waals surface area contributed by atoms with E-state index in [0.29, 0.717) is 6.54 Å². The van der Waals surface area contributed by atoms with Crippen LogP contribution in [0, 0.1) is 11.3 Å². The average molecular weight is 360 g/mol. The van der Waals surface area contributed by atoms with Gasteiger partial charge in [-0.2, -0.15) is 0 Å². The van der Waals surface area contributed by atoms with Crippen molar-refractivity contribution in [3.05, 3.63) is 23.8 Å². The average Bonchev–Trinajstić information content (AvgIpc) is 3.37. The third-order valence-corrected chi connectivity index (χ3v) is 4.56. The lowest BCUT2D eigenvalue weighted by Gasteiger charge is -2.31. The third-order valence-electron chi connectivity index (χ3n) is 4.56. The molecule has 1 aliphatic rings. The number of hydrogen-bond acceptors (Lipinski definition) is 3. The van der Waals surface area contributed by atoms with Crippen molar-refractivity contribution in [1.82, 2.24) is 4.90 Å². The zero-order valence-electron chi connectivity index (χ0n) is 17.1. The standard InChI is InChI=1S/C21H33N3O2/c1-7-12-24(20(26)21(2,3)4)14-16-13-17(10-11-18(16)23(5)6)22-19(25)15-8-9-15/h10-11,13,15H,7-9,12,14H2,1-6H3,(H,22,25). The second-order valence-corrected chi connectivity index (χ2v) is 8.48. The molecule has 0 radical (unpaired) electrons. The number of benzene rings is 1. The molecule has 2 rings (SSSR count). The van der Waals surface area contributed by atoms with Crippen molar-refractivity contribution in [2.45, 2.75) is 53.5 Å². The van der Waals surface area contributed by atoms with E-state index in [-0.39, 0.29) is 17.7 Å². The summed E-state index contributed by atoms with van der Waals surface area (Å²) in [5.41, 5.74) is 2.51. The Balaban J connectivity index is 2.27. The lowest BCUT2D eigenvalue weighted by molar-refractivity contribution is -0.140. The van der Waals surface area contributed by atoms with Gasteiger partial charge in [0, 0.05) is 49.9 Å². The van der Waals surface area contributed by atoms with Crippen molar-refractivity contribution in [3.63, 3.8) is 0 Å². The first-order valence-electron chi connectivity index (χ1n) is 9.54. The predicted octanol–water partition coefficient (Wildman–Crippen LogP) is 3.89. The number of nitrogens with one attached hydrogen (secondary N) is 1. The number of amides is 2. The molecule has 0 bridgehead atoms. The van der Waals surface area contributed by atoms with Crippen LogP contribution in [-0.2, 0) is 16.1 Å². The lowest BCUT2D eigenvalue weighted by Crippen LogP contribution is -2.39. The maximum absolute atomic E-state index is 12.8. The van der Waals surface area contributed by atoms with Crippen LogP contribution in [0.4, 0.5) is 11.4 Å². The largest absolute Gasteiger partial charge is 0.377 e. The Hall–Kier alpha value is -2.04. The molecule has 26 heavy (non-hydrogen) atoms. The van der Waals surface area contributed by atoms with Crippen LogP contribution < -0.4 is 10.2 Å². The predicted molar refractivity (Wildman–Crippen MR) is 107 cm³/mol. The first-order valence-corrected chi connectivity index (χ1v) is 9.54. The first-order chi connectivity index (χ1) is 12.1. The number of carbonyl (C=O) groups excluding carboxylic acids is 2. The van der Waals surface area contributed by atoms with E-state index in [1.807, 2.05) is 62.9 Å². The van der Waals surface area contributed by atoms with Gasteiger partial charge in [-0.25, -0.2) is 0 Å². The molecule has 5 heteroatoms. The molecule has 1 N–H and O–H groups in total. The molecule has 0 saturated heterocycles. The Labute approximate surface area is 157 Å². The monoisotopic (exact) mass is 359 g/mol. The molecule has 0 heterocycles. The SMILES string of the molecule is CCCN(Cc1cc(NC(=O)C2CC2)ccc1N(C)C)C(=O)C(C)(C)C. The number of nitrogens with zero attached hydrogens (tertiary/aromatic N) is 2. The van der Waals surface area contributed by atoms with Crippen LogP contribution in [0.25, 0.3) is 0 Å². The highest BCUT2D eigenvalue weighted by Gasteiger charge is 2.30. The number of rotatable bonds is 7. The molecule has 0 aromatic heterocycles. The number of anilines is 2. The summed E-state index contributed by atoms with van der Waals surface area (Å²) in [6.45, 7) is 9.22. The van der Waals surface area contributed by atoms with E-state index < -0.39 is 5.41 Å². The van der Waals surface area contributed by atoms with Gasteiger partial charge in [0.2, 0.25) is 11.8 Å². The molecule has 1 aromatic carbocycles. The Morgan fingerprint density at radius 2 is 1.85 bits per heavy atom. The van der Waals surface area contributed by atoms with Crippen LogP contribution in [0.2, 0.25) is 0 Å². The third kappa shape index (κ3) is 5.23. The molecular formula is C21H33N3O2. The molecule has 1 aliphatic carbocycles. The van der Waals surface area contributed by atoms with Gasteiger partial charge >= 0.3 is 0 Å². The highest BCUT2D eigenvalue weighted by molar-refractivity contribution is 5.94. The second-order valence-electron chi connectivity index (χ2n) is 8.48. The van der Waals surface area contributed by atoms with Crippen LogP contribution in [0.5, 0.6) is 0 Å². The summed E-state index contributed by atoms with van der Waals surface area (Å²) in [7, 11) is 3.99. The molecule has 0 aliphatic heterocycles. The summed E-state index contributed by atoms with van der Waals surface area (Å²) in [5, 5.41) is 3.01. The topological polar surface area (TPSA) is 52.7 Å². The molecule has 1 saturated carbocycles. The molecule has 5 nitrogen and oxygen atoms in total. The Kier molecular flexibility index (Phi) is 6.32. The molecule has 2 amide bonds. The number of carbonyl (C=O) groups is 2. The number of hydrogen-bond donors (Lipinski definition) is 1. The first kappa shape index (κ1) is 20.3. The van der Waals surface area contributed by atoms with Gasteiger partial charge in [0.15, 0.2) is 0 Å². The fourth-order valence-electron chi connectivity index (χ4n) is 3.02. The summed E-state index contributed by atoms with van der Waals surface area (Å²) in [5.74, 6) is 0.423. The van der Waals surface area contributed by atoms with E-state index >= 15 is 0 Å². The van der Waals surface area contributed by atoms with Gasteiger partial charge in [-0.3, -0.25) is 9.59 Å². The maximum Gasteiger partial charge on any atom is 0.228 e. The highest BCUT2D eigenvalue weighted by atomic mass is 16.2. The van der Waals surface area contributed by atoms with Crippen molar-refractivity contribution in [2.75, 3.05) is 30.9 Å². The van der Waals surface area contributed by atoms with Crippen LogP contribution in [0.15, 0.2) is 18.2 Å². The van der Waals surface area contributed by atoms with Gasteiger partial charge in [0.25, 0.3) is 0 Å². The zero-order chi connectivity index (χ0) is 19.5. The molecule has 0 atom stereocenters. The van der Waals surface area contributed by atoms with Crippen LogP contribution in [0.3, 0.4) is 0 Å². The van der Waals surface area contributed by atoms with Crippen molar-refractivity contribution < 1.29 is 9.59 Å².